The van der Waals surface area contributed by atoms with Crippen LogP contribution in [-0.2, 0) is 13.5 Å². The van der Waals surface area contributed by atoms with Crippen LogP contribution in [0, 0.1) is 5.82 Å². The van der Waals surface area contributed by atoms with E-state index in [1.54, 1.807) is 53.5 Å². The highest BCUT2D eigenvalue weighted by molar-refractivity contribution is 5.90. The summed E-state index contributed by atoms with van der Waals surface area (Å²) in [6.45, 7) is 0.373. The maximum atomic E-state index is 14.3. The summed E-state index contributed by atoms with van der Waals surface area (Å²) in [6.07, 6.45) is 5.40. The predicted molar refractivity (Wildman–Crippen MR) is 107 cm³/mol. The highest BCUT2D eigenvalue weighted by Gasteiger charge is 2.38. The van der Waals surface area contributed by atoms with Crippen molar-refractivity contribution in [3.8, 4) is 11.6 Å². The SMILES string of the molecule is Cn1nccc1-c1nnc(C(=O)N2CCc3[nH]cnc3[C@@H]2c2cc3c(F)cccn3n2)o1. The molecule has 5 aromatic rings. The summed E-state index contributed by atoms with van der Waals surface area (Å²) in [4.78, 5) is 22.5. The molecule has 0 spiro atoms. The highest BCUT2D eigenvalue weighted by atomic mass is 19.1. The van der Waals surface area contributed by atoms with Crippen LogP contribution in [0.2, 0.25) is 0 Å². The molecule has 1 aliphatic heterocycles. The summed E-state index contributed by atoms with van der Waals surface area (Å²) in [6, 6.07) is 5.64. The third kappa shape index (κ3) is 2.72. The Morgan fingerprint density at radius 1 is 1.31 bits per heavy atom. The molecule has 0 radical (unpaired) electrons. The van der Waals surface area contributed by atoms with E-state index in [0.29, 0.717) is 35.6 Å². The lowest BCUT2D eigenvalue weighted by molar-refractivity contribution is 0.0646. The largest absolute Gasteiger partial charge is 0.411 e. The normalized spacial score (nSPS) is 15.9. The molecule has 1 amide bonds. The number of imidazole rings is 1. The lowest BCUT2D eigenvalue weighted by Crippen LogP contribution is -2.41. The van der Waals surface area contributed by atoms with Gasteiger partial charge < -0.3 is 14.3 Å². The second kappa shape index (κ2) is 6.83. The van der Waals surface area contributed by atoms with E-state index in [1.807, 2.05) is 0 Å². The van der Waals surface area contributed by atoms with Crippen LogP contribution in [0.4, 0.5) is 4.39 Å². The van der Waals surface area contributed by atoms with Crippen LogP contribution < -0.4 is 0 Å². The third-order valence-corrected chi connectivity index (χ3v) is 5.58. The minimum absolute atomic E-state index is 0.153. The van der Waals surface area contributed by atoms with Gasteiger partial charge in [-0.05, 0) is 24.3 Å². The molecule has 12 heteroatoms. The molecule has 0 saturated carbocycles. The molecule has 5 aromatic heterocycles. The number of nitrogens with zero attached hydrogens (tertiary/aromatic N) is 8. The molecule has 6 rings (SSSR count). The van der Waals surface area contributed by atoms with E-state index >= 15 is 0 Å². The number of amides is 1. The van der Waals surface area contributed by atoms with Crippen molar-refractivity contribution < 1.29 is 13.6 Å². The van der Waals surface area contributed by atoms with Crippen LogP contribution >= 0.6 is 0 Å². The molecule has 6 heterocycles. The second-order valence-corrected chi connectivity index (χ2v) is 7.42. The van der Waals surface area contributed by atoms with Gasteiger partial charge in [0.25, 0.3) is 5.89 Å². The fraction of sp³-hybridized carbons (Fsp3) is 0.200. The van der Waals surface area contributed by atoms with Gasteiger partial charge in [0.2, 0.25) is 0 Å². The van der Waals surface area contributed by atoms with Gasteiger partial charge in [0.1, 0.15) is 23.1 Å². The average Bonchev–Trinajstić information content (AvgIpc) is 3.57. The van der Waals surface area contributed by atoms with E-state index in [9.17, 15) is 9.18 Å². The van der Waals surface area contributed by atoms with E-state index in [2.05, 4.69) is 30.4 Å². The average molecular weight is 433 g/mol. The van der Waals surface area contributed by atoms with E-state index in [4.69, 9.17) is 4.42 Å². The Morgan fingerprint density at radius 2 is 2.22 bits per heavy atom. The Balaban J connectivity index is 1.42. The quantitative estimate of drug-likeness (QED) is 0.460. The van der Waals surface area contributed by atoms with Gasteiger partial charge in [-0.1, -0.05) is 0 Å². The third-order valence-electron chi connectivity index (χ3n) is 5.58. The van der Waals surface area contributed by atoms with Gasteiger partial charge in [0.15, 0.2) is 0 Å². The smallest absolute Gasteiger partial charge is 0.312 e. The van der Waals surface area contributed by atoms with Gasteiger partial charge in [-0.2, -0.15) is 10.2 Å². The first-order chi connectivity index (χ1) is 15.6. The molecule has 160 valence electrons. The maximum Gasteiger partial charge on any atom is 0.312 e. The van der Waals surface area contributed by atoms with Crippen molar-refractivity contribution in [2.45, 2.75) is 12.5 Å². The van der Waals surface area contributed by atoms with E-state index in [0.717, 1.165) is 5.69 Å². The van der Waals surface area contributed by atoms with Gasteiger partial charge >= 0.3 is 11.8 Å². The highest BCUT2D eigenvalue weighted by Crippen LogP contribution is 2.34. The molecule has 0 fully saturated rings. The molecule has 11 nitrogen and oxygen atoms in total. The molecule has 0 unspecified atom stereocenters. The summed E-state index contributed by atoms with van der Waals surface area (Å²) < 4.78 is 23.0. The minimum atomic E-state index is -0.635. The van der Waals surface area contributed by atoms with Gasteiger partial charge in [-0.25, -0.2) is 13.9 Å². The summed E-state index contributed by atoms with van der Waals surface area (Å²) in [5.41, 5.74) is 2.95. The molecule has 0 bridgehead atoms. The number of carbonyl (C=O) groups excluding carboxylic acids is 1. The Kier molecular flexibility index (Phi) is 3.93. The summed E-state index contributed by atoms with van der Waals surface area (Å²) in [5, 5.41) is 16.5. The van der Waals surface area contributed by atoms with Crippen molar-refractivity contribution in [2.75, 3.05) is 6.54 Å². The monoisotopic (exact) mass is 433 g/mol. The molecule has 0 aromatic carbocycles. The standard InChI is InChI=1S/C20H16FN9O2/c1-28-14(4-6-24-28)18-25-26-19(32-18)20(31)29-8-5-12-16(23-10-22-12)17(29)13-9-15-11(21)3-2-7-30(15)27-13/h2-4,6-7,9-10,17H,5,8H2,1H3,(H,22,23)/t17-/m0/s1. The minimum Gasteiger partial charge on any atom is -0.411 e. The van der Waals surface area contributed by atoms with Crippen LogP contribution in [0.15, 0.2) is 47.4 Å². The van der Waals surface area contributed by atoms with E-state index < -0.39 is 17.8 Å². The van der Waals surface area contributed by atoms with Crippen molar-refractivity contribution in [3.63, 3.8) is 0 Å². The van der Waals surface area contributed by atoms with Crippen LogP contribution in [0.1, 0.15) is 33.8 Å². The number of aromatic nitrogens is 8. The van der Waals surface area contributed by atoms with Crippen LogP contribution in [-0.4, -0.2) is 56.9 Å². The zero-order valence-corrected chi connectivity index (χ0v) is 16.8. The van der Waals surface area contributed by atoms with Gasteiger partial charge in [-0.15, -0.1) is 10.2 Å². The van der Waals surface area contributed by atoms with Gasteiger partial charge in [0.05, 0.1) is 17.7 Å². The first-order valence-corrected chi connectivity index (χ1v) is 9.89. The van der Waals surface area contributed by atoms with Crippen LogP contribution in [0.5, 0.6) is 0 Å². The molecular formula is C20H16FN9O2. The fourth-order valence-corrected chi connectivity index (χ4v) is 4.05. The van der Waals surface area contributed by atoms with Crippen molar-refractivity contribution in [2.24, 2.45) is 7.05 Å². The van der Waals surface area contributed by atoms with Crippen molar-refractivity contribution in [1.29, 1.82) is 0 Å². The second-order valence-electron chi connectivity index (χ2n) is 7.42. The Labute approximate surface area is 179 Å². The zero-order chi connectivity index (χ0) is 21.8. The number of hydrogen-bond acceptors (Lipinski definition) is 7. The Morgan fingerprint density at radius 3 is 3.03 bits per heavy atom. The van der Waals surface area contributed by atoms with E-state index in [1.165, 1.54) is 10.6 Å². The van der Waals surface area contributed by atoms with Crippen molar-refractivity contribution in [3.05, 3.63) is 71.8 Å². The zero-order valence-electron chi connectivity index (χ0n) is 16.8. The lowest BCUT2D eigenvalue weighted by Gasteiger charge is -2.32. The Bertz CT molecular complexity index is 1460. The molecule has 1 N–H and O–H groups in total. The molecular weight excluding hydrogens is 417 g/mol. The van der Waals surface area contributed by atoms with Crippen molar-refractivity contribution >= 4 is 11.4 Å². The maximum absolute atomic E-state index is 14.3. The number of carbonyl (C=O) groups is 1. The molecule has 1 aliphatic rings. The number of fused-ring (bicyclic) bond motifs is 2. The predicted octanol–water partition coefficient (Wildman–Crippen LogP) is 1.77. The number of rotatable bonds is 3. The number of H-pyrrole nitrogens is 1. The summed E-state index contributed by atoms with van der Waals surface area (Å²) in [7, 11) is 1.74. The summed E-state index contributed by atoms with van der Waals surface area (Å²) in [5.74, 6) is -0.820. The van der Waals surface area contributed by atoms with Gasteiger partial charge in [0, 0.05) is 38.1 Å². The Hall–Kier alpha value is -4.35. The van der Waals surface area contributed by atoms with Gasteiger partial charge in [-0.3, -0.25) is 9.48 Å². The number of aromatic amines is 1. The number of aryl methyl sites for hydroxylation is 1. The van der Waals surface area contributed by atoms with Crippen LogP contribution in [0.25, 0.3) is 17.1 Å². The molecule has 32 heavy (non-hydrogen) atoms. The number of hydrogen-bond donors (Lipinski definition) is 1. The topological polar surface area (TPSA) is 123 Å². The van der Waals surface area contributed by atoms with Crippen molar-refractivity contribution in [1.82, 2.24) is 44.5 Å². The fourth-order valence-electron chi connectivity index (χ4n) is 4.05. The molecule has 0 aliphatic carbocycles. The lowest BCUT2D eigenvalue weighted by atomic mass is 9.99. The number of halogens is 1. The number of pyridine rings is 1. The van der Waals surface area contributed by atoms with E-state index in [-0.39, 0.29) is 11.8 Å². The number of nitrogens with one attached hydrogen (secondary N) is 1. The van der Waals surface area contributed by atoms with Crippen LogP contribution in [0.3, 0.4) is 0 Å². The molecule has 1 atom stereocenters. The summed E-state index contributed by atoms with van der Waals surface area (Å²) >= 11 is 0. The first-order valence-electron chi connectivity index (χ1n) is 9.89. The first kappa shape index (κ1) is 18.4. The molecule has 0 saturated heterocycles.